The monoisotopic (exact) mass is 269 g/mol. The van der Waals surface area contributed by atoms with Crippen LogP contribution in [0.15, 0.2) is 12.1 Å². The molecule has 0 aliphatic carbocycles. The average molecular weight is 270 g/mol. The summed E-state index contributed by atoms with van der Waals surface area (Å²) in [4.78, 5) is 11.1. The number of ether oxygens (including phenoxy) is 2. The van der Waals surface area contributed by atoms with Gasteiger partial charge in [-0.25, -0.2) is 0 Å². The van der Waals surface area contributed by atoms with Crippen LogP contribution in [0.25, 0.3) is 0 Å². The Balaban J connectivity index is 2.15. The second-order valence-corrected chi connectivity index (χ2v) is 4.74. The number of hydrogen-bond donors (Lipinski definition) is 1. The van der Waals surface area contributed by atoms with E-state index in [0.29, 0.717) is 24.5 Å². The minimum atomic E-state index is -0.269. The summed E-state index contributed by atoms with van der Waals surface area (Å²) >= 11 is 6.06. The summed E-state index contributed by atoms with van der Waals surface area (Å²) in [6.45, 7) is 0.659. The van der Waals surface area contributed by atoms with Crippen molar-refractivity contribution in [2.75, 3.05) is 13.7 Å². The molecule has 1 aromatic rings. The van der Waals surface area contributed by atoms with Crippen molar-refractivity contribution in [3.05, 3.63) is 28.3 Å². The van der Waals surface area contributed by atoms with Gasteiger partial charge in [-0.3, -0.25) is 4.79 Å². The highest BCUT2D eigenvalue weighted by molar-refractivity contribution is 6.30. The van der Waals surface area contributed by atoms with Gasteiger partial charge in [0.25, 0.3) is 0 Å². The molecule has 1 aliphatic rings. The van der Waals surface area contributed by atoms with E-state index in [4.69, 9.17) is 22.1 Å². The van der Waals surface area contributed by atoms with Crippen LogP contribution in [0.3, 0.4) is 0 Å². The molecule has 5 heteroatoms. The second kappa shape index (κ2) is 5.59. The van der Waals surface area contributed by atoms with E-state index in [-0.39, 0.29) is 12.0 Å². The Hall–Kier alpha value is -1.26. The molecule has 0 fully saturated rings. The molecule has 0 spiro atoms. The summed E-state index contributed by atoms with van der Waals surface area (Å²) in [6.07, 6.45) is 1.66. The number of esters is 1. The molecule has 2 N–H and O–H groups in total. The third-order valence-electron chi connectivity index (χ3n) is 3.06. The fourth-order valence-corrected chi connectivity index (χ4v) is 2.35. The van der Waals surface area contributed by atoms with Crippen LogP contribution >= 0.6 is 11.6 Å². The Labute approximate surface area is 111 Å². The first-order valence-corrected chi connectivity index (χ1v) is 6.27. The van der Waals surface area contributed by atoms with Gasteiger partial charge < -0.3 is 15.2 Å². The molecule has 0 saturated carbocycles. The molecule has 0 aromatic heterocycles. The van der Waals surface area contributed by atoms with Gasteiger partial charge in [0, 0.05) is 29.5 Å². The smallest absolute Gasteiger partial charge is 0.305 e. The van der Waals surface area contributed by atoms with Crippen molar-refractivity contribution in [1.82, 2.24) is 0 Å². The normalized spacial score (nSPS) is 14.8. The number of fused-ring (bicyclic) bond motifs is 1. The standard InChI is InChI=1S/C13H16ClNO3/c1-17-12(16)3-2-11(15)10-7-9(14)6-8-4-5-18-13(8)10/h6-7,11H,2-5,15H2,1H3. The highest BCUT2D eigenvalue weighted by Gasteiger charge is 2.21. The fraction of sp³-hybridized carbons (Fsp3) is 0.462. The van der Waals surface area contributed by atoms with Gasteiger partial charge in [0.15, 0.2) is 0 Å². The molecule has 98 valence electrons. The first-order chi connectivity index (χ1) is 8.61. The van der Waals surface area contributed by atoms with Crippen molar-refractivity contribution in [2.45, 2.75) is 25.3 Å². The number of rotatable bonds is 4. The molecule has 0 bridgehead atoms. The topological polar surface area (TPSA) is 61.5 Å². The molecule has 1 aromatic carbocycles. The van der Waals surface area contributed by atoms with E-state index in [1.54, 1.807) is 0 Å². The van der Waals surface area contributed by atoms with Crippen molar-refractivity contribution < 1.29 is 14.3 Å². The Morgan fingerprint density at radius 1 is 1.61 bits per heavy atom. The van der Waals surface area contributed by atoms with Crippen LogP contribution in [-0.4, -0.2) is 19.7 Å². The van der Waals surface area contributed by atoms with Crippen LogP contribution in [0.5, 0.6) is 5.75 Å². The molecule has 1 atom stereocenters. The molecule has 1 aliphatic heterocycles. The zero-order chi connectivity index (χ0) is 13.1. The van der Waals surface area contributed by atoms with Crippen LogP contribution in [-0.2, 0) is 16.0 Å². The number of nitrogens with two attached hydrogens (primary N) is 1. The quantitative estimate of drug-likeness (QED) is 0.852. The Bertz CT molecular complexity index is 462. The summed E-state index contributed by atoms with van der Waals surface area (Å²) in [5, 5.41) is 0.655. The second-order valence-electron chi connectivity index (χ2n) is 4.30. The zero-order valence-electron chi connectivity index (χ0n) is 10.2. The van der Waals surface area contributed by atoms with Gasteiger partial charge in [-0.1, -0.05) is 11.6 Å². The lowest BCUT2D eigenvalue weighted by molar-refractivity contribution is -0.140. The van der Waals surface area contributed by atoms with Gasteiger partial charge in [-0.15, -0.1) is 0 Å². The van der Waals surface area contributed by atoms with Gasteiger partial charge in [0.1, 0.15) is 5.75 Å². The van der Waals surface area contributed by atoms with E-state index < -0.39 is 0 Å². The highest BCUT2D eigenvalue weighted by atomic mass is 35.5. The van der Waals surface area contributed by atoms with Crippen molar-refractivity contribution in [3.8, 4) is 5.75 Å². The fourth-order valence-electron chi connectivity index (χ4n) is 2.10. The van der Waals surface area contributed by atoms with E-state index in [2.05, 4.69) is 4.74 Å². The van der Waals surface area contributed by atoms with Crippen LogP contribution in [0.4, 0.5) is 0 Å². The number of hydrogen-bond acceptors (Lipinski definition) is 4. The van der Waals surface area contributed by atoms with Crippen molar-refractivity contribution in [3.63, 3.8) is 0 Å². The number of methoxy groups -OCH3 is 1. The maximum Gasteiger partial charge on any atom is 0.305 e. The van der Waals surface area contributed by atoms with E-state index in [9.17, 15) is 4.79 Å². The van der Waals surface area contributed by atoms with Gasteiger partial charge in [-0.2, -0.15) is 0 Å². The lowest BCUT2D eigenvalue weighted by Crippen LogP contribution is -2.14. The first-order valence-electron chi connectivity index (χ1n) is 5.89. The van der Waals surface area contributed by atoms with Crippen LogP contribution < -0.4 is 10.5 Å². The Morgan fingerprint density at radius 3 is 3.11 bits per heavy atom. The lowest BCUT2D eigenvalue weighted by Gasteiger charge is -2.15. The van der Waals surface area contributed by atoms with Crippen LogP contribution in [0, 0.1) is 0 Å². The molecule has 18 heavy (non-hydrogen) atoms. The number of halogens is 1. The predicted octanol–water partition coefficient (Wildman–Crippen LogP) is 2.23. The molecule has 2 rings (SSSR count). The summed E-state index contributed by atoms with van der Waals surface area (Å²) in [5.74, 6) is 0.571. The Morgan fingerprint density at radius 2 is 2.39 bits per heavy atom. The maximum absolute atomic E-state index is 11.1. The third kappa shape index (κ3) is 2.76. The predicted molar refractivity (Wildman–Crippen MR) is 68.8 cm³/mol. The third-order valence-corrected chi connectivity index (χ3v) is 3.28. The highest BCUT2D eigenvalue weighted by Crippen LogP contribution is 2.36. The van der Waals surface area contributed by atoms with E-state index >= 15 is 0 Å². The summed E-state index contributed by atoms with van der Waals surface area (Å²) in [7, 11) is 1.37. The molecular weight excluding hydrogens is 254 g/mol. The minimum Gasteiger partial charge on any atom is -0.493 e. The molecular formula is C13H16ClNO3. The number of carbonyl (C=O) groups excluding carboxylic acids is 1. The summed E-state index contributed by atoms with van der Waals surface area (Å²) in [6, 6.07) is 3.45. The van der Waals surface area contributed by atoms with Gasteiger partial charge in [0.2, 0.25) is 0 Å². The average Bonchev–Trinajstić information content (AvgIpc) is 2.82. The van der Waals surface area contributed by atoms with Crippen molar-refractivity contribution >= 4 is 17.6 Å². The molecule has 4 nitrogen and oxygen atoms in total. The summed E-state index contributed by atoms with van der Waals surface area (Å²) < 4.78 is 10.2. The van der Waals surface area contributed by atoms with Crippen molar-refractivity contribution in [2.24, 2.45) is 5.73 Å². The lowest BCUT2D eigenvalue weighted by atomic mass is 9.99. The summed E-state index contributed by atoms with van der Waals surface area (Å²) in [5.41, 5.74) is 8.06. The van der Waals surface area contributed by atoms with Gasteiger partial charge in [0.05, 0.1) is 13.7 Å². The van der Waals surface area contributed by atoms with Gasteiger partial charge >= 0.3 is 5.97 Å². The minimum absolute atomic E-state index is 0.259. The Kier molecular flexibility index (Phi) is 4.09. The molecule has 0 radical (unpaired) electrons. The molecule has 1 heterocycles. The van der Waals surface area contributed by atoms with Crippen molar-refractivity contribution in [1.29, 1.82) is 0 Å². The molecule has 1 unspecified atom stereocenters. The first kappa shape index (κ1) is 13.2. The largest absolute Gasteiger partial charge is 0.493 e. The van der Waals surface area contributed by atoms with E-state index in [1.165, 1.54) is 7.11 Å². The zero-order valence-corrected chi connectivity index (χ0v) is 11.0. The van der Waals surface area contributed by atoms with Crippen LogP contribution in [0.1, 0.15) is 30.0 Å². The molecule has 0 amide bonds. The SMILES string of the molecule is COC(=O)CCC(N)c1cc(Cl)cc2c1OCC2. The van der Waals surface area contributed by atoms with E-state index in [0.717, 1.165) is 23.3 Å². The number of benzene rings is 1. The number of carbonyl (C=O) groups is 1. The van der Waals surface area contributed by atoms with Crippen LogP contribution in [0.2, 0.25) is 5.02 Å². The van der Waals surface area contributed by atoms with Gasteiger partial charge in [-0.05, 0) is 24.1 Å². The van der Waals surface area contributed by atoms with E-state index in [1.807, 2.05) is 12.1 Å². The molecule has 0 saturated heterocycles. The maximum atomic E-state index is 11.1.